The van der Waals surface area contributed by atoms with E-state index in [-0.39, 0.29) is 11.9 Å². The number of nitrogens with two attached hydrogens (primary N) is 1. The van der Waals surface area contributed by atoms with Crippen molar-refractivity contribution in [1.82, 2.24) is 10.2 Å². The van der Waals surface area contributed by atoms with Crippen LogP contribution in [0, 0.1) is 0 Å². The fourth-order valence-electron chi connectivity index (χ4n) is 2.96. The zero-order valence-electron chi connectivity index (χ0n) is 12.5. The molecule has 3 rings (SSSR count). The largest absolute Gasteiger partial charge is 0.351 e. The number of nitrogens with zero attached hydrogens (tertiary/aromatic N) is 1. The molecule has 6 heteroatoms. The molecule has 0 bridgehead atoms. The van der Waals surface area contributed by atoms with Gasteiger partial charge in [-0.3, -0.25) is 4.79 Å². The Morgan fingerprint density at radius 2 is 1.68 bits per heavy atom. The molecular formula is C16H22N4O2. The lowest BCUT2D eigenvalue weighted by molar-refractivity contribution is 0.0909. The maximum atomic E-state index is 12.2. The first kappa shape index (κ1) is 14.8. The van der Waals surface area contributed by atoms with Gasteiger partial charge >= 0.3 is 6.03 Å². The highest BCUT2D eigenvalue weighted by Gasteiger charge is 2.32. The first-order chi connectivity index (χ1) is 10.6. The minimum absolute atomic E-state index is 0.0597. The molecule has 0 atom stereocenters. The zero-order chi connectivity index (χ0) is 15.5. The van der Waals surface area contributed by atoms with Crippen molar-refractivity contribution in [2.75, 3.05) is 18.4 Å². The molecule has 1 saturated heterocycles. The average molecular weight is 302 g/mol. The van der Waals surface area contributed by atoms with Crippen molar-refractivity contribution in [2.45, 2.75) is 37.8 Å². The van der Waals surface area contributed by atoms with Crippen LogP contribution in [-0.4, -0.2) is 42.0 Å². The number of carbonyl (C=O) groups excluding carboxylic acids is 2. The molecular weight excluding hydrogens is 280 g/mol. The number of primary amides is 1. The van der Waals surface area contributed by atoms with E-state index in [1.165, 1.54) is 12.8 Å². The predicted molar refractivity (Wildman–Crippen MR) is 84.7 cm³/mol. The van der Waals surface area contributed by atoms with Gasteiger partial charge in [-0.2, -0.15) is 0 Å². The summed E-state index contributed by atoms with van der Waals surface area (Å²) in [6.45, 7) is 2.16. The summed E-state index contributed by atoms with van der Waals surface area (Å²) in [5.41, 5.74) is 6.23. The molecule has 3 amide bonds. The van der Waals surface area contributed by atoms with Crippen LogP contribution in [0.5, 0.6) is 0 Å². The lowest BCUT2D eigenvalue weighted by Crippen LogP contribution is -2.45. The van der Waals surface area contributed by atoms with Crippen LogP contribution >= 0.6 is 0 Å². The van der Waals surface area contributed by atoms with E-state index in [1.54, 1.807) is 24.3 Å². The second-order valence-electron chi connectivity index (χ2n) is 6.08. The minimum atomic E-state index is -0.611. The van der Waals surface area contributed by atoms with Gasteiger partial charge in [0, 0.05) is 36.4 Å². The summed E-state index contributed by atoms with van der Waals surface area (Å²) >= 11 is 0. The molecule has 1 aliphatic carbocycles. The van der Waals surface area contributed by atoms with Crippen LogP contribution in [0.1, 0.15) is 36.0 Å². The van der Waals surface area contributed by atoms with Gasteiger partial charge in [0.1, 0.15) is 0 Å². The number of nitrogens with one attached hydrogen (secondary N) is 2. The van der Waals surface area contributed by atoms with E-state index in [1.807, 2.05) is 0 Å². The molecule has 1 heterocycles. The van der Waals surface area contributed by atoms with E-state index in [9.17, 15) is 9.59 Å². The monoisotopic (exact) mass is 302 g/mol. The lowest BCUT2D eigenvalue weighted by atomic mass is 10.0. The fraction of sp³-hybridized carbons (Fsp3) is 0.500. The Morgan fingerprint density at radius 3 is 2.23 bits per heavy atom. The first-order valence-corrected chi connectivity index (χ1v) is 7.83. The maximum Gasteiger partial charge on any atom is 0.316 e. The predicted octanol–water partition coefficient (Wildman–Crippen LogP) is 1.53. The Hall–Kier alpha value is -2.08. The van der Waals surface area contributed by atoms with Gasteiger partial charge in [-0.1, -0.05) is 0 Å². The van der Waals surface area contributed by atoms with Crippen LogP contribution in [0.15, 0.2) is 24.3 Å². The second kappa shape index (κ2) is 6.36. The number of urea groups is 1. The van der Waals surface area contributed by atoms with Crippen LogP contribution in [0.3, 0.4) is 0 Å². The molecule has 1 aliphatic heterocycles. The number of carbonyl (C=O) groups is 2. The number of anilines is 1. The number of benzene rings is 1. The molecule has 6 nitrogen and oxygen atoms in total. The number of hydrogen-bond donors (Lipinski definition) is 3. The molecule has 1 aromatic rings. The van der Waals surface area contributed by atoms with Gasteiger partial charge < -0.3 is 21.3 Å². The van der Waals surface area contributed by atoms with Gasteiger partial charge in [0.05, 0.1) is 0 Å². The molecule has 0 radical (unpaired) electrons. The van der Waals surface area contributed by atoms with Gasteiger partial charge in [-0.15, -0.1) is 0 Å². The molecule has 0 unspecified atom stereocenters. The van der Waals surface area contributed by atoms with Crippen LogP contribution in [-0.2, 0) is 0 Å². The van der Waals surface area contributed by atoms with Crippen LogP contribution < -0.4 is 16.4 Å². The molecule has 0 spiro atoms. The van der Waals surface area contributed by atoms with E-state index in [0.717, 1.165) is 32.0 Å². The van der Waals surface area contributed by atoms with E-state index in [4.69, 9.17) is 5.73 Å². The number of piperidine rings is 1. The molecule has 2 fully saturated rings. The van der Waals surface area contributed by atoms with Gasteiger partial charge in [0.25, 0.3) is 5.91 Å². The van der Waals surface area contributed by atoms with Crippen LogP contribution in [0.4, 0.5) is 10.5 Å². The van der Waals surface area contributed by atoms with Gasteiger partial charge in [-0.05, 0) is 49.9 Å². The number of likely N-dealkylation sites (tertiary alicyclic amines) is 1. The normalized spacial score (nSPS) is 19.6. The Balaban J connectivity index is 1.50. The highest BCUT2D eigenvalue weighted by Crippen LogP contribution is 2.29. The zero-order valence-corrected chi connectivity index (χ0v) is 12.5. The molecule has 2 aliphatic rings. The summed E-state index contributed by atoms with van der Waals surface area (Å²) in [6, 6.07) is 7.19. The minimum Gasteiger partial charge on any atom is -0.351 e. The molecule has 0 aromatic heterocycles. The standard InChI is InChI=1S/C16H22N4O2/c17-16(22)19-12-3-1-11(2-4-12)15(21)18-13-7-9-20(10-8-13)14-5-6-14/h1-4,13-14H,5-10H2,(H,18,21)(H3,17,19,22). The van der Waals surface area contributed by atoms with Crippen molar-refractivity contribution in [3.8, 4) is 0 Å². The van der Waals surface area contributed by atoms with Gasteiger partial charge in [-0.25, -0.2) is 4.79 Å². The summed E-state index contributed by atoms with van der Waals surface area (Å²) < 4.78 is 0. The SMILES string of the molecule is NC(=O)Nc1ccc(C(=O)NC2CCN(C3CC3)CC2)cc1. The number of hydrogen-bond acceptors (Lipinski definition) is 3. The Morgan fingerprint density at radius 1 is 1.05 bits per heavy atom. The maximum absolute atomic E-state index is 12.2. The van der Waals surface area contributed by atoms with Crippen molar-refractivity contribution >= 4 is 17.6 Å². The van der Waals surface area contributed by atoms with Gasteiger partial charge in [0.15, 0.2) is 0 Å². The summed E-state index contributed by atoms with van der Waals surface area (Å²) in [5.74, 6) is -0.0597. The van der Waals surface area contributed by atoms with Crippen molar-refractivity contribution in [3.63, 3.8) is 0 Å². The highest BCUT2D eigenvalue weighted by atomic mass is 16.2. The summed E-state index contributed by atoms with van der Waals surface area (Å²) in [4.78, 5) is 25.5. The molecule has 4 N–H and O–H groups in total. The van der Waals surface area contributed by atoms with Crippen molar-refractivity contribution in [3.05, 3.63) is 29.8 Å². The third-order valence-corrected chi connectivity index (χ3v) is 4.34. The third-order valence-electron chi connectivity index (χ3n) is 4.34. The van der Waals surface area contributed by atoms with Crippen LogP contribution in [0.2, 0.25) is 0 Å². The van der Waals surface area contributed by atoms with Crippen molar-refractivity contribution in [1.29, 1.82) is 0 Å². The molecule has 1 aromatic carbocycles. The summed E-state index contributed by atoms with van der Waals surface area (Å²) in [6.07, 6.45) is 4.71. The van der Waals surface area contributed by atoms with E-state index >= 15 is 0 Å². The van der Waals surface area contributed by atoms with Crippen molar-refractivity contribution < 1.29 is 9.59 Å². The Kier molecular flexibility index (Phi) is 4.29. The summed E-state index contributed by atoms with van der Waals surface area (Å²) in [7, 11) is 0. The lowest BCUT2D eigenvalue weighted by Gasteiger charge is -2.32. The quantitative estimate of drug-likeness (QED) is 0.788. The Labute approximate surface area is 130 Å². The number of rotatable bonds is 4. The van der Waals surface area contributed by atoms with Gasteiger partial charge in [0.2, 0.25) is 0 Å². The second-order valence-corrected chi connectivity index (χ2v) is 6.08. The van der Waals surface area contributed by atoms with Crippen molar-refractivity contribution in [2.24, 2.45) is 5.73 Å². The average Bonchev–Trinajstić information content (AvgIpc) is 3.33. The fourth-order valence-corrected chi connectivity index (χ4v) is 2.96. The smallest absolute Gasteiger partial charge is 0.316 e. The topological polar surface area (TPSA) is 87.5 Å². The number of amides is 3. The van der Waals surface area contributed by atoms with E-state index < -0.39 is 6.03 Å². The summed E-state index contributed by atoms with van der Waals surface area (Å²) in [5, 5.41) is 5.57. The molecule has 22 heavy (non-hydrogen) atoms. The van der Waals surface area contributed by atoms with Crippen LogP contribution in [0.25, 0.3) is 0 Å². The highest BCUT2D eigenvalue weighted by molar-refractivity contribution is 5.95. The third kappa shape index (κ3) is 3.76. The van der Waals surface area contributed by atoms with E-state index in [2.05, 4.69) is 15.5 Å². The molecule has 118 valence electrons. The molecule has 1 saturated carbocycles. The Bertz CT molecular complexity index is 546. The first-order valence-electron chi connectivity index (χ1n) is 7.83. The van der Waals surface area contributed by atoms with E-state index in [0.29, 0.717) is 11.3 Å².